The monoisotopic (exact) mass is 351 g/mol. The SMILES string of the molecule is O=C(NCC1CCCO1)c1cccc(-c2ccc3nc(CO)[nH]c3c2)c1. The zero-order valence-corrected chi connectivity index (χ0v) is 14.4. The number of nitrogens with zero attached hydrogens (tertiary/aromatic N) is 1. The number of aromatic nitrogens is 2. The molecule has 2 aromatic carbocycles. The number of hydrogen-bond acceptors (Lipinski definition) is 4. The van der Waals surface area contributed by atoms with E-state index in [1.807, 2.05) is 42.5 Å². The van der Waals surface area contributed by atoms with Gasteiger partial charge in [-0.3, -0.25) is 4.79 Å². The number of fused-ring (bicyclic) bond motifs is 1. The van der Waals surface area contributed by atoms with Gasteiger partial charge in [-0.25, -0.2) is 4.98 Å². The van der Waals surface area contributed by atoms with Gasteiger partial charge in [-0.15, -0.1) is 0 Å². The second kappa shape index (κ2) is 7.27. The van der Waals surface area contributed by atoms with E-state index >= 15 is 0 Å². The maximum atomic E-state index is 12.4. The summed E-state index contributed by atoms with van der Waals surface area (Å²) in [5.74, 6) is 0.451. The lowest BCUT2D eigenvalue weighted by atomic mass is 10.0. The Hall–Kier alpha value is -2.70. The minimum Gasteiger partial charge on any atom is -0.388 e. The quantitative estimate of drug-likeness (QED) is 0.659. The van der Waals surface area contributed by atoms with Crippen molar-refractivity contribution in [3.05, 3.63) is 53.9 Å². The minimum absolute atomic E-state index is 0.0902. The standard InChI is InChI=1S/C20H21N3O3/c24-12-19-22-17-7-6-14(10-18(17)23-19)13-3-1-4-15(9-13)20(25)21-11-16-5-2-8-26-16/h1,3-4,6-7,9-10,16,24H,2,5,8,11-12H2,(H,21,25)(H,22,23). The number of rotatable bonds is 5. The third kappa shape index (κ3) is 3.47. The zero-order valence-electron chi connectivity index (χ0n) is 14.4. The van der Waals surface area contributed by atoms with Crippen LogP contribution in [-0.2, 0) is 11.3 Å². The molecule has 134 valence electrons. The molecule has 0 bridgehead atoms. The number of hydrogen-bond donors (Lipinski definition) is 3. The molecule has 0 aliphatic carbocycles. The van der Waals surface area contributed by atoms with Crippen LogP contribution in [0.25, 0.3) is 22.2 Å². The average Bonchev–Trinajstić information content (AvgIpc) is 3.34. The summed E-state index contributed by atoms with van der Waals surface area (Å²) in [5.41, 5.74) is 4.24. The van der Waals surface area contributed by atoms with Gasteiger partial charge in [-0.1, -0.05) is 18.2 Å². The van der Waals surface area contributed by atoms with Crippen LogP contribution in [0.1, 0.15) is 29.0 Å². The summed E-state index contributed by atoms with van der Waals surface area (Å²) in [6.45, 7) is 1.21. The molecule has 3 N–H and O–H groups in total. The highest BCUT2D eigenvalue weighted by Crippen LogP contribution is 2.24. The summed E-state index contributed by atoms with van der Waals surface area (Å²) < 4.78 is 5.54. The first-order valence-electron chi connectivity index (χ1n) is 8.82. The van der Waals surface area contributed by atoms with Gasteiger partial charge in [0.25, 0.3) is 5.91 Å². The normalized spacial score (nSPS) is 16.9. The van der Waals surface area contributed by atoms with E-state index in [1.54, 1.807) is 0 Å². The van der Waals surface area contributed by atoms with Crippen molar-refractivity contribution in [1.29, 1.82) is 0 Å². The van der Waals surface area contributed by atoms with Crippen LogP contribution in [0.5, 0.6) is 0 Å². The van der Waals surface area contributed by atoms with E-state index in [2.05, 4.69) is 15.3 Å². The predicted octanol–water partition coefficient (Wildman–Crippen LogP) is 2.63. The van der Waals surface area contributed by atoms with Gasteiger partial charge in [0, 0.05) is 18.7 Å². The number of aromatic amines is 1. The van der Waals surface area contributed by atoms with Crippen molar-refractivity contribution in [2.24, 2.45) is 0 Å². The topological polar surface area (TPSA) is 87.2 Å². The number of H-pyrrole nitrogens is 1. The highest BCUT2D eigenvalue weighted by molar-refractivity contribution is 5.95. The fraction of sp³-hybridized carbons (Fsp3) is 0.300. The summed E-state index contributed by atoms with van der Waals surface area (Å²) in [7, 11) is 0. The molecule has 2 heterocycles. The van der Waals surface area contributed by atoms with Crippen LogP contribution in [0.15, 0.2) is 42.5 Å². The molecule has 1 unspecified atom stereocenters. The fourth-order valence-corrected chi connectivity index (χ4v) is 3.27. The maximum Gasteiger partial charge on any atom is 0.251 e. The Labute approximate surface area is 151 Å². The summed E-state index contributed by atoms with van der Waals surface area (Å²) in [5, 5.41) is 12.2. The molecule has 0 spiro atoms. The van der Waals surface area contributed by atoms with E-state index in [-0.39, 0.29) is 18.6 Å². The molecule has 1 aliphatic rings. The summed E-state index contributed by atoms with van der Waals surface area (Å²) in [6, 6.07) is 13.4. The van der Waals surface area contributed by atoms with Crippen LogP contribution >= 0.6 is 0 Å². The van der Waals surface area contributed by atoms with Crippen LogP contribution in [-0.4, -0.2) is 40.2 Å². The largest absolute Gasteiger partial charge is 0.388 e. The Morgan fingerprint density at radius 1 is 1.27 bits per heavy atom. The first-order chi connectivity index (χ1) is 12.7. The van der Waals surface area contributed by atoms with Gasteiger partial charge in [0.05, 0.1) is 17.1 Å². The fourth-order valence-electron chi connectivity index (χ4n) is 3.27. The number of carbonyl (C=O) groups is 1. The van der Waals surface area contributed by atoms with Gasteiger partial charge in [0.2, 0.25) is 0 Å². The Balaban J connectivity index is 1.53. The second-order valence-electron chi connectivity index (χ2n) is 6.50. The lowest BCUT2D eigenvalue weighted by Crippen LogP contribution is -2.31. The molecule has 3 aromatic rings. The molecular formula is C20H21N3O3. The number of amides is 1. The first kappa shape index (κ1) is 16.8. The van der Waals surface area contributed by atoms with Crippen LogP contribution in [0.3, 0.4) is 0 Å². The molecule has 26 heavy (non-hydrogen) atoms. The molecule has 1 aromatic heterocycles. The number of imidazole rings is 1. The molecule has 1 atom stereocenters. The number of benzene rings is 2. The number of aliphatic hydroxyl groups is 1. The predicted molar refractivity (Wildman–Crippen MR) is 98.8 cm³/mol. The van der Waals surface area contributed by atoms with Gasteiger partial charge in [-0.2, -0.15) is 0 Å². The minimum atomic E-state index is -0.121. The first-order valence-corrected chi connectivity index (χ1v) is 8.82. The Morgan fingerprint density at radius 3 is 2.96 bits per heavy atom. The molecule has 4 rings (SSSR count). The van der Waals surface area contributed by atoms with Crippen LogP contribution in [0.4, 0.5) is 0 Å². The molecule has 6 heteroatoms. The van der Waals surface area contributed by atoms with Crippen LogP contribution in [0.2, 0.25) is 0 Å². The van der Waals surface area contributed by atoms with E-state index in [4.69, 9.17) is 4.74 Å². The number of nitrogens with one attached hydrogen (secondary N) is 2. The van der Waals surface area contributed by atoms with E-state index in [0.29, 0.717) is 17.9 Å². The summed E-state index contributed by atoms with van der Waals surface area (Å²) >= 11 is 0. The van der Waals surface area contributed by atoms with Gasteiger partial charge < -0.3 is 20.1 Å². The molecule has 0 saturated carbocycles. The van der Waals surface area contributed by atoms with Crippen molar-refractivity contribution in [2.75, 3.05) is 13.2 Å². The highest BCUT2D eigenvalue weighted by atomic mass is 16.5. The van der Waals surface area contributed by atoms with Crippen LogP contribution in [0, 0.1) is 0 Å². The van der Waals surface area contributed by atoms with Gasteiger partial charge in [0.15, 0.2) is 0 Å². The third-order valence-electron chi connectivity index (χ3n) is 4.65. The van der Waals surface area contributed by atoms with E-state index in [9.17, 15) is 9.90 Å². The Kier molecular flexibility index (Phi) is 4.69. The van der Waals surface area contributed by atoms with Gasteiger partial charge >= 0.3 is 0 Å². The number of aliphatic hydroxyl groups excluding tert-OH is 1. The van der Waals surface area contributed by atoms with Gasteiger partial charge in [-0.05, 0) is 48.2 Å². The Morgan fingerprint density at radius 2 is 2.15 bits per heavy atom. The van der Waals surface area contributed by atoms with Gasteiger partial charge in [0.1, 0.15) is 12.4 Å². The molecule has 0 radical (unpaired) electrons. The molecule has 1 fully saturated rings. The number of carbonyl (C=O) groups excluding carboxylic acids is 1. The van der Waals surface area contributed by atoms with E-state index in [1.165, 1.54) is 0 Å². The second-order valence-corrected chi connectivity index (χ2v) is 6.50. The third-order valence-corrected chi connectivity index (χ3v) is 4.65. The molecule has 6 nitrogen and oxygen atoms in total. The highest BCUT2D eigenvalue weighted by Gasteiger charge is 2.17. The van der Waals surface area contributed by atoms with Crippen LogP contribution < -0.4 is 5.32 Å². The molecule has 1 saturated heterocycles. The summed E-state index contributed by atoms with van der Waals surface area (Å²) in [6.07, 6.45) is 2.19. The Bertz CT molecular complexity index is 929. The van der Waals surface area contributed by atoms with Crippen molar-refractivity contribution in [1.82, 2.24) is 15.3 Å². The number of ether oxygens (including phenoxy) is 1. The maximum absolute atomic E-state index is 12.4. The van der Waals surface area contributed by atoms with E-state index in [0.717, 1.165) is 41.6 Å². The van der Waals surface area contributed by atoms with Crippen molar-refractivity contribution in [3.8, 4) is 11.1 Å². The molecule has 1 aliphatic heterocycles. The zero-order chi connectivity index (χ0) is 17.9. The van der Waals surface area contributed by atoms with E-state index < -0.39 is 0 Å². The average molecular weight is 351 g/mol. The molecular weight excluding hydrogens is 330 g/mol. The molecule has 1 amide bonds. The lowest BCUT2D eigenvalue weighted by molar-refractivity contribution is 0.0858. The van der Waals surface area contributed by atoms with Crippen molar-refractivity contribution in [2.45, 2.75) is 25.6 Å². The smallest absolute Gasteiger partial charge is 0.251 e. The summed E-state index contributed by atoms with van der Waals surface area (Å²) in [4.78, 5) is 19.8. The van der Waals surface area contributed by atoms with Crippen molar-refractivity contribution < 1.29 is 14.6 Å². The van der Waals surface area contributed by atoms with Crippen molar-refractivity contribution in [3.63, 3.8) is 0 Å². The lowest BCUT2D eigenvalue weighted by Gasteiger charge is -2.11. The van der Waals surface area contributed by atoms with Crippen molar-refractivity contribution >= 4 is 16.9 Å².